The Morgan fingerprint density at radius 3 is 2.65 bits per heavy atom. The lowest BCUT2D eigenvalue weighted by molar-refractivity contribution is 0.0980. The van der Waals surface area contributed by atoms with Crippen molar-refractivity contribution < 1.29 is 4.79 Å². The summed E-state index contributed by atoms with van der Waals surface area (Å²) >= 11 is 3.34. The molecule has 0 saturated carbocycles. The Bertz CT molecular complexity index is 665. The van der Waals surface area contributed by atoms with Crippen LogP contribution in [0.15, 0.2) is 39.7 Å². The first-order chi connectivity index (χ1) is 9.60. The smallest absolute Gasteiger partial charge is 0.263 e. The first kappa shape index (κ1) is 14.5. The third kappa shape index (κ3) is 3.54. The molecule has 0 fully saturated rings. The minimum Gasteiger partial charge on any atom is -0.326 e. The zero-order chi connectivity index (χ0) is 14.5. The summed E-state index contributed by atoms with van der Waals surface area (Å²) in [6.45, 7) is 1.89. The zero-order valence-corrected chi connectivity index (χ0v) is 12.5. The van der Waals surface area contributed by atoms with Gasteiger partial charge in [-0.25, -0.2) is 4.98 Å². The summed E-state index contributed by atoms with van der Waals surface area (Å²) in [4.78, 5) is 30.2. The van der Waals surface area contributed by atoms with Gasteiger partial charge in [-0.1, -0.05) is 22.9 Å². The SMILES string of the molecule is CCCC(=O)c1cnc(Nc2ccc(Br)cc2)[nH]c1=O. The number of carbonyl (C=O) groups is 1. The van der Waals surface area contributed by atoms with Crippen LogP contribution in [0, 0.1) is 0 Å². The van der Waals surface area contributed by atoms with Crippen molar-refractivity contribution in [2.24, 2.45) is 0 Å². The fraction of sp³-hybridized carbons (Fsp3) is 0.214. The number of rotatable bonds is 5. The molecule has 20 heavy (non-hydrogen) atoms. The Kier molecular flexibility index (Phi) is 4.68. The molecule has 1 heterocycles. The molecule has 0 spiro atoms. The van der Waals surface area contributed by atoms with Crippen LogP contribution in [-0.2, 0) is 0 Å². The van der Waals surface area contributed by atoms with Gasteiger partial charge < -0.3 is 5.32 Å². The molecular weight excluding hydrogens is 322 g/mol. The molecule has 5 nitrogen and oxygen atoms in total. The van der Waals surface area contributed by atoms with Gasteiger partial charge in [0.1, 0.15) is 5.56 Å². The monoisotopic (exact) mass is 335 g/mol. The Labute approximate surface area is 124 Å². The second-order valence-electron chi connectivity index (χ2n) is 4.28. The van der Waals surface area contributed by atoms with Crippen LogP contribution >= 0.6 is 15.9 Å². The number of anilines is 2. The first-order valence-corrected chi connectivity index (χ1v) is 7.04. The van der Waals surface area contributed by atoms with E-state index in [1.807, 2.05) is 31.2 Å². The maximum Gasteiger partial charge on any atom is 0.263 e. The number of nitrogens with one attached hydrogen (secondary N) is 2. The van der Waals surface area contributed by atoms with Crippen molar-refractivity contribution in [1.29, 1.82) is 0 Å². The van der Waals surface area contributed by atoms with Crippen LogP contribution in [0.3, 0.4) is 0 Å². The van der Waals surface area contributed by atoms with Crippen molar-refractivity contribution in [2.75, 3.05) is 5.32 Å². The van der Waals surface area contributed by atoms with Crippen LogP contribution in [0.4, 0.5) is 11.6 Å². The van der Waals surface area contributed by atoms with E-state index in [1.54, 1.807) is 0 Å². The highest BCUT2D eigenvalue weighted by Gasteiger charge is 2.10. The van der Waals surface area contributed by atoms with E-state index in [-0.39, 0.29) is 11.3 Å². The molecule has 0 radical (unpaired) electrons. The van der Waals surface area contributed by atoms with Crippen molar-refractivity contribution in [3.63, 3.8) is 0 Å². The van der Waals surface area contributed by atoms with Gasteiger partial charge in [-0.15, -0.1) is 0 Å². The number of H-pyrrole nitrogens is 1. The average molecular weight is 336 g/mol. The number of hydrogen-bond acceptors (Lipinski definition) is 4. The number of carbonyl (C=O) groups excluding carboxylic acids is 1. The van der Waals surface area contributed by atoms with Gasteiger partial charge in [0.25, 0.3) is 5.56 Å². The van der Waals surface area contributed by atoms with Crippen LogP contribution in [0.2, 0.25) is 0 Å². The number of benzene rings is 1. The molecule has 0 unspecified atom stereocenters. The Balaban J connectivity index is 2.19. The van der Waals surface area contributed by atoms with Crippen molar-refractivity contribution in [1.82, 2.24) is 9.97 Å². The molecule has 2 rings (SSSR count). The number of hydrogen-bond donors (Lipinski definition) is 2. The zero-order valence-electron chi connectivity index (χ0n) is 10.9. The molecule has 6 heteroatoms. The van der Waals surface area contributed by atoms with Gasteiger partial charge in [-0.05, 0) is 30.7 Å². The minimum atomic E-state index is -0.418. The predicted octanol–water partition coefficient (Wildman–Crippen LogP) is 3.26. The van der Waals surface area contributed by atoms with Gasteiger partial charge in [-0.2, -0.15) is 0 Å². The van der Waals surface area contributed by atoms with Crippen molar-refractivity contribution >= 4 is 33.3 Å². The summed E-state index contributed by atoms with van der Waals surface area (Å²) < 4.78 is 0.963. The number of aromatic amines is 1. The number of nitrogens with zero attached hydrogens (tertiary/aromatic N) is 1. The van der Waals surface area contributed by atoms with E-state index in [4.69, 9.17) is 0 Å². The van der Waals surface area contributed by atoms with E-state index in [2.05, 4.69) is 31.2 Å². The van der Waals surface area contributed by atoms with Crippen LogP contribution in [0.25, 0.3) is 0 Å². The maximum atomic E-state index is 11.8. The van der Waals surface area contributed by atoms with E-state index < -0.39 is 5.56 Å². The van der Waals surface area contributed by atoms with Gasteiger partial charge in [-0.3, -0.25) is 14.6 Å². The standard InChI is InChI=1S/C14H14BrN3O2/c1-2-3-12(19)11-8-16-14(18-13(11)20)17-10-6-4-9(15)5-7-10/h4-8H,2-3H2,1H3,(H2,16,17,18,20). The highest BCUT2D eigenvalue weighted by Crippen LogP contribution is 2.16. The summed E-state index contributed by atoms with van der Waals surface area (Å²) in [6.07, 6.45) is 2.37. The second-order valence-corrected chi connectivity index (χ2v) is 5.20. The lowest BCUT2D eigenvalue weighted by Gasteiger charge is -2.06. The fourth-order valence-electron chi connectivity index (χ4n) is 1.69. The molecule has 0 atom stereocenters. The molecule has 104 valence electrons. The number of Topliss-reactive ketones (excluding diaryl/α,β-unsaturated/α-hetero) is 1. The largest absolute Gasteiger partial charge is 0.326 e. The van der Waals surface area contributed by atoms with Gasteiger partial charge in [0, 0.05) is 22.8 Å². The Morgan fingerprint density at radius 2 is 2.05 bits per heavy atom. The molecule has 0 saturated heterocycles. The highest BCUT2D eigenvalue weighted by molar-refractivity contribution is 9.10. The number of ketones is 1. The van der Waals surface area contributed by atoms with Crippen LogP contribution < -0.4 is 10.9 Å². The molecule has 0 aliphatic heterocycles. The predicted molar refractivity (Wildman–Crippen MR) is 81.5 cm³/mol. The highest BCUT2D eigenvalue weighted by atomic mass is 79.9. The molecule has 2 N–H and O–H groups in total. The van der Waals surface area contributed by atoms with Crippen LogP contribution in [0.5, 0.6) is 0 Å². The third-order valence-electron chi connectivity index (χ3n) is 2.68. The summed E-state index contributed by atoms with van der Waals surface area (Å²) in [7, 11) is 0. The van der Waals surface area contributed by atoms with Gasteiger partial charge in [0.15, 0.2) is 5.78 Å². The van der Waals surface area contributed by atoms with E-state index in [0.717, 1.165) is 10.2 Å². The summed E-state index contributed by atoms with van der Waals surface area (Å²) in [5.41, 5.74) is 0.482. The third-order valence-corrected chi connectivity index (χ3v) is 3.21. The normalized spacial score (nSPS) is 10.3. The molecular formula is C14H14BrN3O2. The lowest BCUT2D eigenvalue weighted by Crippen LogP contribution is -2.19. The van der Waals surface area contributed by atoms with Gasteiger partial charge >= 0.3 is 0 Å². The summed E-state index contributed by atoms with van der Waals surface area (Å²) in [6, 6.07) is 7.44. The van der Waals surface area contributed by atoms with Crippen molar-refractivity contribution in [3.05, 3.63) is 50.9 Å². The van der Waals surface area contributed by atoms with Crippen molar-refractivity contribution in [3.8, 4) is 0 Å². The van der Waals surface area contributed by atoms with Crippen LogP contribution in [0.1, 0.15) is 30.1 Å². The topological polar surface area (TPSA) is 74.8 Å². The van der Waals surface area contributed by atoms with Gasteiger partial charge in [0.2, 0.25) is 5.95 Å². The second kappa shape index (κ2) is 6.47. The van der Waals surface area contributed by atoms with E-state index in [0.29, 0.717) is 18.8 Å². The van der Waals surface area contributed by atoms with Crippen molar-refractivity contribution in [2.45, 2.75) is 19.8 Å². The molecule has 0 aliphatic rings. The Hall–Kier alpha value is -1.95. The number of aromatic nitrogens is 2. The fourth-order valence-corrected chi connectivity index (χ4v) is 1.95. The molecule has 0 bridgehead atoms. The molecule has 0 amide bonds. The molecule has 1 aromatic carbocycles. The average Bonchev–Trinajstić information content (AvgIpc) is 2.42. The first-order valence-electron chi connectivity index (χ1n) is 6.25. The molecule has 2 aromatic rings. The minimum absolute atomic E-state index is 0.105. The quantitative estimate of drug-likeness (QED) is 0.822. The maximum absolute atomic E-state index is 11.8. The van der Waals surface area contributed by atoms with E-state index in [1.165, 1.54) is 6.20 Å². The van der Waals surface area contributed by atoms with Gasteiger partial charge in [0.05, 0.1) is 0 Å². The summed E-state index contributed by atoms with van der Waals surface area (Å²) in [5, 5.41) is 2.97. The lowest BCUT2D eigenvalue weighted by atomic mass is 10.1. The molecule has 0 aliphatic carbocycles. The molecule has 1 aromatic heterocycles. The summed E-state index contributed by atoms with van der Waals surface area (Å²) in [5.74, 6) is 0.127. The Morgan fingerprint density at radius 1 is 1.35 bits per heavy atom. The van der Waals surface area contributed by atoms with Crippen LogP contribution in [-0.4, -0.2) is 15.8 Å². The van der Waals surface area contributed by atoms with E-state index >= 15 is 0 Å². The number of halogens is 1. The van der Waals surface area contributed by atoms with E-state index in [9.17, 15) is 9.59 Å².